The average Bonchev–Trinajstić information content (AvgIpc) is 3.13. The molecular weight excluding hydrogens is 405 g/mol. The number of rotatable bonds is 7. The summed E-state index contributed by atoms with van der Waals surface area (Å²) in [5.74, 6) is 0. The molecule has 4 rings (SSSR count). The van der Waals surface area contributed by atoms with Crippen molar-refractivity contribution in [2.75, 3.05) is 13.2 Å². The van der Waals surface area contributed by atoms with E-state index in [9.17, 15) is 13.2 Å². The van der Waals surface area contributed by atoms with Crippen molar-refractivity contribution in [3.05, 3.63) is 89.2 Å². The molecule has 7 heteroatoms. The van der Waals surface area contributed by atoms with Gasteiger partial charge in [0.2, 0.25) is 0 Å². The van der Waals surface area contributed by atoms with Crippen LogP contribution in [0.5, 0.6) is 0 Å². The maximum absolute atomic E-state index is 13.5. The van der Waals surface area contributed by atoms with Crippen molar-refractivity contribution in [1.82, 2.24) is 4.98 Å². The minimum atomic E-state index is -4.45. The molecule has 2 N–H and O–H groups in total. The molecule has 0 saturated heterocycles. The topological polar surface area (TPSA) is 57.4 Å². The third kappa shape index (κ3) is 4.63. The molecule has 31 heavy (non-hydrogen) atoms. The van der Waals surface area contributed by atoms with Crippen molar-refractivity contribution in [2.45, 2.75) is 31.4 Å². The first-order chi connectivity index (χ1) is 14.9. The highest BCUT2D eigenvalue weighted by Gasteiger charge is 2.39. The average molecular weight is 428 g/mol. The van der Waals surface area contributed by atoms with Crippen molar-refractivity contribution < 1.29 is 22.6 Å². The molecule has 1 aromatic heterocycles. The summed E-state index contributed by atoms with van der Waals surface area (Å²) in [7, 11) is 0. The van der Waals surface area contributed by atoms with Crippen molar-refractivity contribution in [3.8, 4) is 11.1 Å². The largest absolute Gasteiger partial charge is 0.416 e. The van der Waals surface area contributed by atoms with E-state index in [1.54, 1.807) is 30.6 Å². The number of nitrogens with two attached hydrogens (primary N) is 1. The minimum absolute atomic E-state index is 0.0276. The lowest BCUT2D eigenvalue weighted by molar-refractivity contribution is -0.137. The number of nitrogens with zero attached hydrogens (tertiary/aromatic N) is 1. The van der Waals surface area contributed by atoms with Gasteiger partial charge in [-0.15, -0.1) is 0 Å². The van der Waals surface area contributed by atoms with E-state index in [-0.39, 0.29) is 13.2 Å². The summed E-state index contributed by atoms with van der Waals surface area (Å²) in [5, 5.41) is 0. The number of halogens is 3. The zero-order valence-corrected chi connectivity index (χ0v) is 16.9. The Hall–Kier alpha value is -2.74. The molecule has 0 radical (unpaired) electrons. The number of hydrogen-bond donors (Lipinski definition) is 1. The molecular formula is C24H23F3N2O2. The Labute approximate surface area is 178 Å². The van der Waals surface area contributed by atoms with Crippen LogP contribution in [0.2, 0.25) is 0 Å². The van der Waals surface area contributed by atoms with E-state index in [0.717, 1.165) is 23.3 Å². The molecule has 4 nitrogen and oxygen atoms in total. The number of benzene rings is 2. The Morgan fingerprint density at radius 2 is 1.81 bits per heavy atom. The molecule has 0 bridgehead atoms. The van der Waals surface area contributed by atoms with Gasteiger partial charge in [0.15, 0.2) is 0 Å². The summed E-state index contributed by atoms with van der Waals surface area (Å²) in [4.78, 5) is 3.93. The van der Waals surface area contributed by atoms with Gasteiger partial charge in [-0.1, -0.05) is 24.3 Å². The van der Waals surface area contributed by atoms with Crippen LogP contribution in [-0.4, -0.2) is 18.1 Å². The highest BCUT2D eigenvalue weighted by atomic mass is 19.4. The third-order valence-corrected chi connectivity index (χ3v) is 5.50. The number of fused-ring (bicyclic) bond motifs is 1. The maximum Gasteiger partial charge on any atom is 0.416 e. The van der Waals surface area contributed by atoms with Gasteiger partial charge in [0.1, 0.15) is 5.60 Å². The predicted octanol–water partition coefficient (Wildman–Crippen LogP) is 5.06. The lowest BCUT2D eigenvalue weighted by Crippen LogP contribution is -2.34. The van der Waals surface area contributed by atoms with Gasteiger partial charge in [0.05, 0.1) is 25.4 Å². The molecule has 1 aliphatic heterocycles. The summed E-state index contributed by atoms with van der Waals surface area (Å²) >= 11 is 0. The lowest BCUT2D eigenvalue weighted by atomic mass is 9.90. The van der Waals surface area contributed by atoms with Crippen LogP contribution in [0, 0.1) is 0 Å². The van der Waals surface area contributed by atoms with Gasteiger partial charge in [0, 0.05) is 12.4 Å². The molecule has 1 aliphatic rings. The summed E-state index contributed by atoms with van der Waals surface area (Å²) in [6, 6.07) is 15.2. The SMILES string of the molecule is NCC[C@]1(COCc2cc(-c3ccncc3)cc(C(F)(F)F)c2)OCc2ccccc21. The van der Waals surface area contributed by atoms with Gasteiger partial charge in [-0.3, -0.25) is 4.98 Å². The fourth-order valence-electron chi connectivity index (χ4n) is 4.00. The van der Waals surface area contributed by atoms with Crippen LogP contribution in [0.15, 0.2) is 67.0 Å². The fourth-order valence-corrected chi connectivity index (χ4v) is 4.00. The quantitative estimate of drug-likeness (QED) is 0.572. The zero-order chi connectivity index (χ0) is 21.9. The first-order valence-electron chi connectivity index (χ1n) is 10.0. The smallest absolute Gasteiger partial charge is 0.373 e. The number of alkyl halides is 3. The Kier molecular flexibility index (Phi) is 6.09. The summed E-state index contributed by atoms with van der Waals surface area (Å²) in [5.41, 5.74) is 8.11. The second kappa shape index (κ2) is 8.78. The van der Waals surface area contributed by atoms with Crippen LogP contribution < -0.4 is 5.73 Å². The highest BCUT2D eigenvalue weighted by molar-refractivity contribution is 5.64. The van der Waals surface area contributed by atoms with E-state index < -0.39 is 17.3 Å². The van der Waals surface area contributed by atoms with Crippen LogP contribution in [0.4, 0.5) is 13.2 Å². The van der Waals surface area contributed by atoms with Crippen LogP contribution in [0.25, 0.3) is 11.1 Å². The summed E-state index contributed by atoms with van der Waals surface area (Å²) < 4.78 is 52.4. The molecule has 1 atom stereocenters. The summed E-state index contributed by atoms with van der Waals surface area (Å²) in [6.45, 7) is 1.12. The molecule has 2 heterocycles. The molecule has 0 saturated carbocycles. The zero-order valence-electron chi connectivity index (χ0n) is 16.9. The standard InChI is InChI=1S/C24H23F3N2O2/c25-24(26,27)21-12-17(11-20(13-21)18-5-9-29-10-6-18)14-30-16-23(7-8-28)22-4-2-1-3-19(22)15-31-23/h1-6,9-13H,7-8,14-16,28H2/t23-/m1/s1. The molecule has 0 amide bonds. The molecule has 162 valence electrons. The van der Waals surface area contributed by atoms with Crippen molar-refractivity contribution in [1.29, 1.82) is 0 Å². The highest BCUT2D eigenvalue weighted by Crippen LogP contribution is 2.39. The second-order valence-corrected chi connectivity index (χ2v) is 7.62. The van der Waals surface area contributed by atoms with E-state index in [1.807, 2.05) is 24.3 Å². The first-order valence-corrected chi connectivity index (χ1v) is 10.0. The third-order valence-electron chi connectivity index (χ3n) is 5.50. The lowest BCUT2D eigenvalue weighted by Gasteiger charge is -2.29. The Balaban J connectivity index is 1.57. The summed E-state index contributed by atoms with van der Waals surface area (Å²) in [6.07, 6.45) is -0.782. The van der Waals surface area contributed by atoms with Gasteiger partial charge < -0.3 is 15.2 Å². The maximum atomic E-state index is 13.5. The Morgan fingerprint density at radius 3 is 2.55 bits per heavy atom. The number of aromatic nitrogens is 1. The first kappa shape index (κ1) is 21.5. The van der Waals surface area contributed by atoms with Crippen molar-refractivity contribution >= 4 is 0 Å². The fraction of sp³-hybridized carbons (Fsp3) is 0.292. The molecule has 0 spiro atoms. The Morgan fingerprint density at radius 1 is 1.03 bits per heavy atom. The Bertz CT molecular complexity index is 1040. The molecule has 0 fully saturated rings. The number of pyridine rings is 1. The monoisotopic (exact) mass is 428 g/mol. The van der Waals surface area contributed by atoms with E-state index in [1.165, 1.54) is 0 Å². The predicted molar refractivity (Wildman–Crippen MR) is 111 cm³/mol. The van der Waals surface area contributed by atoms with Gasteiger partial charge in [-0.2, -0.15) is 13.2 Å². The molecule has 0 aliphatic carbocycles. The van der Waals surface area contributed by atoms with Gasteiger partial charge in [-0.25, -0.2) is 0 Å². The molecule has 0 unspecified atom stereocenters. The van der Waals surface area contributed by atoms with Gasteiger partial charge >= 0.3 is 6.18 Å². The van der Waals surface area contributed by atoms with Crippen LogP contribution in [0.1, 0.15) is 28.7 Å². The van der Waals surface area contributed by atoms with Crippen LogP contribution >= 0.6 is 0 Å². The van der Waals surface area contributed by atoms with Crippen molar-refractivity contribution in [2.24, 2.45) is 5.73 Å². The van der Waals surface area contributed by atoms with Crippen molar-refractivity contribution in [3.63, 3.8) is 0 Å². The molecule has 2 aromatic carbocycles. The minimum Gasteiger partial charge on any atom is -0.373 e. The van der Waals surface area contributed by atoms with Gasteiger partial charge in [-0.05, 0) is 71.1 Å². The van der Waals surface area contributed by atoms with E-state index in [2.05, 4.69) is 4.98 Å². The van der Waals surface area contributed by atoms with Crippen LogP contribution in [-0.2, 0) is 34.5 Å². The second-order valence-electron chi connectivity index (χ2n) is 7.62. The number of ether oxygens (including phenoxy) is 2. The van der Waals surface area contributed by atoms with E-state index >= 15 is 0 Å². The normalized spacial score (nSPS) is 18.2. The van der Waals surface area contributed by atoms with E-state index in [0.29, 0.717) is 36.3 Å². The van der Waals surface area contributed by atoms with Crippen LogP contribution in [0.3, 0.4) is 0 Å². The number of hydrogen-bond acceptors (Lipinski definition) is 4. The van der Waals surface area contributed by atoms with Gasteiger partial charge in [0.25, 0.3) is 0 Å². The van der Waals surface area contributed by atoms with E-state index in [4.69, 9.17) is 15.2 Å². The molecule has 3 aromatic rings.